The van der Waals surface area contributed by atoms with E-state index in [2.05, 4.69) is 15.3 Å². The molecule has 0 aliphatic carbocycles. The number of alkyl halides is 2. The average Bonchev–Trinajstić information content (AvgIpc) is 3.09. The Morgan fingerprint density at radius 2 is 2.18 bits per heavy atom. The van der Waals surface area contributed by atoms with Gasteiger partial charge >= 0.3 is 0 Å². The summed E-state index contributed by atoms with van der Waals surface area (Å²) in [6, 6.07) is 7.55. The van der Waals surface area contributed by atoms with E-state index in [4.69, 9.17) is 33.7 Å². The Morgan fingerprint density at radius 1 is 1.32 bits per heavy atom. The fourth-order valence-corrected chi connectivity index (χ4v) is 4.71. The van der Waals surface area contributed by atoms with Gasteiger partial charge in [0.1, 0.15) is 11.2 Å². The molecule has 6 nitrogen and oxygen atoms in total. The summed E-state index contributed by atoms with van der Waals surface area (Å²) in [7, 11) is 0. The number of amides is 1. The normalized spacial score (nSPS) is 20.7. The molecule has 0 saturated carbocycles. The molecule has 1 aromatic heterocycles. The van der Waals surface area contributed by atoms with Crippen LogP contribution >= 0.6 is 35.0 Å². The van der Waals surface area contributed by atoms with Crippen LogP contribution in [0.4, 0.5) is 5.69 Å². The van der Waals surface area contributed by atoms with Crippen LogP contribution in [0.5, 0.6) is 0 Å². The van der Waals surface area contributed by atoms with Crippen molar-refractivity contribution in [3.05, 3.63) is 58.4 Å². The lowest BCUT2D eigenvalue weighted by molar-refractivity contribution is 0.0634. The van der Waals surface area contributed by atoms with Gasteiger partial charge in [-0.1, -0.05) is 17.8 Å². The van der Waals surface area contributed by atoms with Gasteiger partial charge < -0.3 is 15.8 Å². The summed E-state index contributed by atoms with van der Waals surface area (Å²) in [6.07, 6.45) is 1.59. The molecule has 2 aromatic rings. The Labute approximate surface area is 176 Å². The molecule has 1 atom stereocenters. The van der Waals surface area contributed by atoms with Crippen molar-refractivity contribution in [1.29, 1.82) is 0 Å². The number of aliphatic imine (C=N–C) groups is 1. The summed E-state index contributed by atoms with van der Waals surface area (Å²) in [5.41, 5.74) is 9.91. The number of hydrogen-bond acceptors (Lipinski definition) is 6. The van der Waals surface area contributed by atoms with E-state index in [1.165, 1.54) is 11.8 Å². The van der Waals surface area contributed by atoms with E-state index >= 15 is 0 Å². The number of halogens is 2. The van der Waals surface area contributed by atoms with Gasteiger partial charge in [0.05, 0.1) is 13.2 Å². The molecule has 146 valence electrons. The van der Waals surface area contributed by atoms with Crippen LogP contribution in [0.1, 0.15) is 32.7 Å². The van der Waals surface area contributed by atoms with E-state index in [9.17, 15) is 4.79 Å². The van der Waals surface area contributed by atoms with E-state index in [1.807, 2.05) is 18.2 Å². The van der Waals surface area contributed by atoms with Gasteiger partial charge in [0.15, 0.2) is 5.17 Å². The van der Waals surface area contributed by atoms with E-state index in [0.29, 0.717) is 41.2 Å². The van der Waals surface area contributed by atoms with Crippen LogP contribution < -0.4 is 11.1 Å². The van der Waals surface area contributed by atoms with Crippen molar-refractivity contribution in [2.24, 2.45) is 10.7 Å². The standard InChI is InChI=1S/C19H18Cl2N4O2S/c20-5-11-3-13(6-21)16(23-7-11)17(26)24-14-2-1-12-8-27-9-19(15(12)4-14)10-28-18(22)25-19/h1-4,7H,5-6,8-10H2,(H2,22,25)(H,24,26). The average molecular weight is 437 g/mol. The Balaban J connectivity index is 1.63. The van der Waals surface area contributed by atoms with Crippen molar-refractivity contribution in [3.8, 4) is 0 Å². The van der Waals surface area contributed by atoms with Crippen molar-refractivity contribution in [2.75, 3.05) is 17.7 Å². The molecule has 0 radical (unpaired) electrons. The minimum Gasteiger partial charge on any atom is -0.379 e. The summed E-state index contributed by atoms with van der Waals surface area (Å²) in [4.78, 5) is 21.6. The Morgan fingerprint density at radius 3 is 2.89 bits per heavy atom. The number of nitrogens with two attached hydrogens (primary N) is 1. The zero-order valence-corrected chi connectivity index (χ0v) is 17.2. The number of fused-ring (bicyclic) bond motifs is 2. The van der Waals surface area contributed by atoms with Gasteiger partial charge in [-0.05, 0) is 40.5 Å². The number of carbonyl (C=O) groups is 1. The highest BCUT2D eigenvalue weighted by Crippen LogP contribution is 2.41. The monoisotopic (exact) mass is 436 g/mol. The minimum atomic E-state index is -0.495. The summed E-state index contributed by atoms with van der Waals surface area (Å²) in [6.45, 7) is 0.992. The minimum absolute atomic E-state index is 0.177. The van der Waals surface area contributed by atoms with Crippen molar-refractivity contribution >= 4 is 51.7 Å². The fraction of sp³-hybridized carbons (Fsp3) is 0.316. The van der Waals surface area contributed by atoms with Gasteiger partial charge in [0.2, 0.25) is 0 Å². The SMILES string of the molecule is NC1=NC2(COCc3ccc(NC(=O)c4ncc(CCl)cc4CCl)cc32)CS1. The topological polar surface area (TPSA) is 89.6 Å². The van der Waals surface area contributed by atoms with Crippen molar-refractivity contribution in [1.82, 2.24) is 4.98 Å². The van der Waals surface area contributed by atoms with Gasteiger partial charge in [-0.2, -0.15) is 0 Å². The molecule has 1 aromatic carbocycles. The first kappa shape index (κ1) is 19.5. The first-order valence-corrected chi connectivity index (χ1v) is 10.7. The maximum absolute atomic E-state index is 12.8. The summed E-state index contributed by atoms with van der Waals surface area (Å²) >= 11 is 13.3. The number of aromatic nitrogens is 1. The van der Waals surface area contributed by atoms with Crippen LogP contribution in [0.15, 0.2) is 35.5 Å². The fourth-order valence-electron chi connectivity index (χ4n) is 3.43. The largest absolute Gasteiger partial charge is 0.379 e. The highest BCUT2D eigenvalue weighted by atomic mass is 35.5. The van der Waals surface area contributed by atoms with Gasteiger partial charge in [-0.3, -0.25) is 9.78 Å². The molecule has 0 saturated heterocycles. The van der Waals surface area contributed by atoms with Crippen LogP contribution in [0.3, 0.4) is 0 Å². The number of rotatable bonds is 4. The number of hydrogen-bond donors (Lipinski definition) is 2. The van der Waals surface area contributed by atoms with E-state index in [0.717, 1.165) is 22.4 Å². The van der Waals surface area contributed by atoms with Crippen LogP contribution in [0, 0.1) is 0 Å². The Hall–Kier alpha value is -1.80. The lowest BCUT2D eigenvalue weighted by Crippen LogP contribution is -2.35. The number of anilines is 1. The Kier molecular flexibility index (Phi) is 5.51. The molecule has 2 aliphatic heterocycles. The lowest BCUT2D eigenvalue weighted by Gasteiger charge is -2.32. The molecule has 0 fully saturated rings. The first-order chi connectivity index (χ1) is 13.5. The zero-order valence-electron chi connectivity index (χ0n) is 14.9. The first-order valence-electron chi connectivity index (χ1n) is 8.65. The second kappa shape index (κ2) is 7.91. The number of pyridine rings is 1. The molecule has 28 heavy (non-hydrogen) atoms. The molecular formula is C19H18Cl2N4O2S. The molecule has 4 rings (SSSR count). The van der Waals surface area contributed by atoms with Crippen LogP contribution in [0.2, 0.25) is 0 Å². The maximum atomic E-state index is 12.8. The third-order valence-electron chi connectivity index (χ3n) is 4.79. The van der Waals surface area contributed by atoms with Crippen LogP contribution in [0.25, 0.3) is 0 Å². The third-order valence-corrected chi connectivity index (χ3v) is 6.39. The van der Waals surface area contributed by atoms with Crippen LogP contribution in [-0.4, -0.2) is 28.4 Å². The van der Waals surface area contributed by atoms with E-state index in [-0.39, 0.29) is 11.8 Å². The van der Waals surface area contributed by atoms with Crippen molar-refractivity contribution in [2.45, 2.75) is 23.9 Å². The van der Waals surface area contributed by atoms with Gasteiger partial charge in [0, 0.05) is 29.4 Å². The van der Waals surface area contributed by atoms with E-state index < -0.39 is 5.54 Å². The lowest BCUT2D eigenvalue weighted by atomic mass is 9.87. The molecule has 0 bridgehead atoms. The maximum Gasteiger partial charge on any atom is 0.274 e. The van der Waals surface area contributed by atoms with Gasteiger partial charge in [0.25, 0.3) is 5.91 Å². The molecule has 1 unspecified atom stereocenters. The quantitative estimate of drug-likeness (QED) is 0.714. The number of nitrogens with one attached hydrogen (secondary N) is 1. The molecule has 1 spiro atoms. The smallest absolute Gasteiger partial charge is 0.274 e. The number of nitrogens with zero attached hydrogens (tertiary/aromatic N) is 2. The Bertz CT molecular complexity index is 969. The molecule has 3 heterocycles. The molecular weight excluding hydrogens is 419 g/mol. The number of ether oxygens (including phenoxy) is 1. The third kappa shape index (κ3) is 3.59. The number of thioether (sulfide) groups is 1. The molecule has 3 N–H and O–H groups in total. The second-order valence-electron chi connectivity index (χ2n) is 6.71. The number of carbonyl (C=O) groups excluding carboxylic acids is 1. The zero-order chi connectivity index (χ0) is 19.7. The highest BCUT2D eigenvalue weighted by molar-refractivity contribution is 8.14. The number of benzene rings is 1. The van der Waals surface area contributed by atoms with Crippen molar-refractivity contribution in [3.63, 3.8) is 0 Å². The highest BCUT2D eigenvalue weighted by Gasteiger charge is 2.41. The molecule has 2 aliphatic rings. The summed E-state index contributed by atoms with van der Waals surface area (Å²) < 4.78 is 5.73. The van der Waals surface area contributed by atoms with Crippen LogP contribution in [-0.2, 0) is 28.6 Å². The molecule has 9 heteroatoms. The number of amidine groups is 1. The summed E-state index contributed by atoms with van der Waals surface area (Å²) in [5.74, 6) is 0.897. The second-order valence-corrected chi connectivity index (χ2v) is 8.24. The molecule has 1 amide bonds. The van der Waals surface area contributed by atoms with Gasteiger partial charge in [-0.15, -0.1) is 23.2 Å². The van der Waals surface area contributed by atoms with E-state index in [1.54, 1.807) is 12.3 Å². The summed E-state index contributed by atoms with van der Waals surface area (Å²) in [5, 5.41) is 3.47. The van der Waals surface area contributed by atoms with Crippen molar-refractivity contribution < 1.29 is 9.53 Å². The predicted octanol–water partition coefficient (Wildman–Crippen LogP) is 3.60. The predicted molar refractivity (Wildman–Crippen MR) is 113 cm³/mol. The van der Waals surface area contributed by atoms with Gasteiger partial charge in [-0.25, -0.2) is 4.99 Å².